The number of thioether (sulfide) groups is 1. The van der Waals surface area contributed by atoms with E-state index in [-0.39, 0.29) is 12.1 Å². The van der Waals surface area contributed by atoms with Crippen molar-refractivity contribution in [2.24, 2.45) is 5.92 Å². The van der Waals surface area contributed by atoms with Gasteiger partial charge in [-0.3, -0.25) is 0 Å². The van der Waals surface area contributed by atoms with Crippen molar-refractivity contribution in [1.82, 2.24) is 25.5 Å². The minimum absolute atomic E-state index is 0.204. The lowest BCUT2D eigenvalue weighted by Gasteiger charge is -2.29. The Labute approximate surface area is 164 Å². The van der Waals surface area contributed by atoms with E-state index in [9.17, 15) is 4.79 Å². The molecule has 1 aromatic heterocycles. The number of tetrazole rings is 1. The van der Waals surface area contributed by atoms with E-state index in [0.717, 1.165) is 42.3 Å². The first-order valence-corrected chi connectivity index (χ1v) is 10.4. The molecule has 0 atom stereocenters. The molecular formula is C19H27N5O2S. The zero-order valence-electron chi connectivity index (χ0n) is 16.1. The largest absolute Gasteiger partial charge is 0.444 e. The molecule has 3 rings (SSSR count). The first kappa shape index (κ1) is 19.7. The molecule has 1 amide bonds. The number of nitrogens with one attached hydrogen (secondary N) is 1. The van der Waals surface area contributed by atoms with Gasteiger partial charge in [0.2, 0.25) is 5.16 Å². The van der Waals surface area contributed by atoms with E-state index in [1.54, 1.807) is 16.4 Å². The van der Waals surface area contributed by atoms with Gasteiger partial charge in [0.05, 0.1) is 5.69 Å². The summed E-state index contributed by atoms with van der Waals surface area (Å²) in [7, 11) is 0. The Balaban J connectivity index is 1.44. The maximum Gasteiger partial charge on any atom is 0.407 e. The van der Waals surface area contributed by atoms with Crippen molar-refractivity contribution >= 4 is 17.9 Å². The van der Waals surface area contributed by atoms with E-state index in [2.05, 4.69) is 20.8 Å². The van der Waals surface area contributed by atoms with Crippen molar-refractivity contribution in [3.63, 3.8) is 0 Å². The van der Waals surface area contributed by atoms with Crippen molar-refractivity contribution < 1.29 is 9.53 Å². The van der Waals surface area contributed by atoms with Gasteiger partial charge in [-0.1, -0.05) is 30.0 Å². The average molecular weight is 390 g/mol. The summed E-state index contributed by atoms with van der Waals surface area (Å²) in [6, 6.07) is 10.1. The molecule has 1 aliphatic rings. The summed E-state index contributed by atoms with van der Waals surface area (Å²) in [5.41, 5.74) is 0.510. The second-order valence-electron chi connectivity index (χ2n) is 7.88. The molecule has 0 unspecified atom stereocenters. The van der Waals surface area contributed by atoms with Gasteiger partial charge in [0, 0.05) is 11.8 Å². The zero-order chi connectivity index (χ0) is 19.3. The predicted octanol–water partition coefficient (Wildman–Crippen LogP) is 3.84. The van der Waals surface area contributed by atoms with Crippen molar-refractivity contribution in [3.8, 4) is 5.69 Å². The fourth-order valence-corrected chi connectivity index (χ4v) is 4.22. The van der Waals surface area contributed by atoms with Gasteiger partial charge in [-0.2, -0.15) is 4.68 Å². The number of para-hydroxylation sites is 1. The van der Waals surface area contributed by atoms with Crippen LogP contribution in [0, 0.1) is 5.92 Å². The number of rotatable bonds is 5. The number of ether oxygens (including phenoxy) is 1. The Morgan fingerprint density at radius 2 is 1.93 bits per heavy atom. The Hall–Kier alpha value is -2.09. The molecular weight excluding hydrogens is 362 g/mol. The van der Waals surface area contributed by atoms with Crippen LogP contribution in [0.15, 0.2) is 35.5 Å². The van der Waals surface area contributed by atoms with Crippen molar-refractivity contribution in [2.45, 2.75) is 63.3 Å². The number of hydrogen-bond donors (Lipinski definition) is 1. The first-order valence-electron chi connectivity index (χ1n) is 9.37. The van der Waals surface area contributed by atoms with Gasteiger partial charge in [-0.15, -0.1) is 5.10 Å². The fourth-order valence-electron chi connectivity index (χ4n) is 3.14. The van der Waals surface area contributed by atoms with Crippen molar-refractivity contribution in [3.05, 3.63) is 30.3 Å². The maximum atomic E-state index is 11.9. The van der Waals surface area contributed by atoms with Crippen LogP contribution in [0.25, 0.3) is 5.69 Å². The molecule has 0 saturated heterocycles. The van der Waals surface area contributed by atoms with E-state index in [4.69, 9.17) is 4.74 Å². The minimum Gasteiger partial charge on any atom is -0.444 e. The van der Waals surface area contributed by atoms with Crippen LogP contribution in [0.5, 0.6) is 0 Å². The van der Waals surface area contributed by atoms with E-state index >= 15 is 0 Å². The Kier molecular flexibility index (Phi) is 6.36. The van der Waals surface area contributed by atoms with Crippen LogP contribution in [0.3, 0.4) is 0 Å². The van der Waals surface area contributed by atoms with Gasteiger partial charge in [-0.25, -0.2) is 4.79 Å². The standard InChI is InChI=1S/C19H27N5O2S/c1-19(2,3)26-18(25)20-15-11-9-14(10-12-15)13-27-17-21-22-23-24(17)16-7-5-4-6-8-16/h4-8,14-15H,9-13H2,1-3H3,(H,20,25). The average Bonchev–Trinajstić information content (AvgIpc) is 3.09. The normalized spacial score (nSPS) is 20.3. The molecule has 0 bridgehead atoms. The lowest BCUT2D eigenvalue weighted by atomic mass is 9.87. The number of alkyl carbamates (subject to hydrolysis) is 1. The maximum absolute atomic E-state index is 11.9. The van der Waals surface area contributed by atoms with Gasteiger partial charge in [0.1, 0.15) is 5.60 Å². The lowest BCUT2D eigenvalue weighted by Crippen LogP contribution is -2.41. The molecule has 0 aliphatic heterocycles. The zero-order valence-corrected chi connectivity index (χ0v) is 16.9. The van der Waals surface area contributed by atoms with E-state index < -0.39 is 5.60 Å². The van der Waals surface area contributed by atoms with Crippen LogP contribution in [-0.2, 0) is 4.74 Å². The van der Waals surface area contributed by atoms with Gasteiger partial charge < -0.3 is 10.1 Å². The van der Waals surface area contributed by atoms with E-state index in [1.807, 2.05) is 51.1 Å². The topological polar surface area (TPSA) is 81.9 Å². The minimum atomic E-state index is -0.458. The van der Waals surface area contributed by atoms with Gasteiger partial charge >= 0.3 is 6.09 Å². The summed E-state index contributed by atoms with van der Waals surface area (Å²) >= 11 is 1.69. The van der Waals surface area contributed by atoms with Crippen LogP contribution >= 0.6 is 11.8 Å². The molecule has 1 heterocycles. The fraction of sp³-hybridized carbons (Fsp3) is 0.579. The van der Waals surface area contributed by atoms with Gasteiger partial charge in [-0.05, 0) is 74.9 Å². The summed E-state index contributed by atoms with van der Waals surface area (Å²) in [4.78, 5) is 11.9. The number of aromatic nitrogens is 4. The van der Waals surface area contributed by atoms with E-state index in [1.165, 1.54) is 0 Å². The highest BCUT2D eigenvalue weighted by Crippen LogP contribution is 2.30. The predicted molar refractivity (Wildman–Crippen MR) is 105 cm³/mol. The number of carbonyl (C=O) groups excluding carboxylic acids is 1. The summed E-state index contributed by atoms with van der Waals surface area (Å²) in [6.07, 6.45) is 3.81. The molecule has 0 spiro atoms. The van der Waals surface area contributed by atoms with E-state index in [0.29, 0.717) is 5.92 Å². The molecule has 1 aliphatic carbocycles. The van der Waals surface area contributed by atoms with Crippen LogP contribution < -0.4 is 5.32 Å². The Morgan fingerprint density at radius 1 is 1.22 bits per heavy atom. The lowest BCUT2D eigenvalue weighted by molar-refractivity contribution is 0.0488. The van der Waals surface area contributed by atoms with Gasteiger partial charge in [0.15, 0.2) is 0 Å². The van der Waals surface area contributed by atoms with Crippen LogP contribution in [0.1, 0.15) is 46.5 Å². The molecule has 1 N–H and O–H groups in total. The summed E-state index contributed by atoms with van der Waals surface area (Å²) in [6.45, 7) is 5.64. The summed E-state index contributed by atoms with van der Waals surface area (Å²) in [5.74, 6) is 1.58. The molecule has 8 heteroatoms. The molecule has 7 nitrogen and oxygen atoms in total. The molecule has 0 radical (unpaired) electrons. The monoisotopic (exact) mass is 389 g/mol. The Bertz CT molecular complexity index is 736. The second-order valence-corrected chi connectivity index (χ2v) is 8.87. The third kappa shape index (κ3) is 5.95. The molecule has 2 aromatic rings. The third-order valence-corrected chi connectivity index (χ3v) is 5.61. The highest BCUT2D eigenvalue weighted by Gasteiger charge is 2.25. The molecule has 1 saturated carbocycles. The van der Waals surface area contributed by atoms with Crippen LogP contribution in [0.2, 0.25) is 0 Å². The SMILES string of the molecule is CC(C)(C)OC(=O)NC1CCC(CSc2nnnn2-c2ccccc2)CC1. The smallest absolute Gasteiger partial charge is 0.407 e. The Morgan fingerprint density at radius 3 is 2.59 bits per heavy atom. The number of benzene rings is 1. The first-order chi connectivity index (χ1) is 12.9. The highest BCUT2D eigenvalue weighted by atomic mass is 32.2. The molecule has 27 heavy (non-hydrogen) atoms. The van der Waals surface area contributed by atoms with Crippen LogP contribution in [0.4, 0.5) is 4.79 Å². The second kappa shape index (κ2) is 8.73. The number of carbonyl (C=O) groups is 1. The molecule has 1 aromatic carbocycles. The molecule has 146 valence electrons. The van der Waals surface area contributed by atoms with Gasteiger partial charge in [0.25, 0.3) is 0 Å². The summed E-state index contributed by atoms with van der Waals surface area (Å²) in [5, 5.41) is 15.9. The number of hydrogen-bond acceptors (Lipinski definition) is 6. The van der Waals surface area contributed by atoms with Crippen LogP contribution in [-0.4, -0.2) is 43.7 Å². The third-order valence-electron chi connectivity index (χ3n) is 4.46. The highest BCUT2D eigenvalue weighted by molar-refractivity contribution is 7.99. The van der Waals surface area contributed by atoms with Crippen molar-refractivity contribution in [1.29, 1.82) is 0 Å². The number of amides is 1. The summed E-state index contributed by atoms with van der Waals surface area (Å²) < 4.78 is 7.12. The quantitative estimate of drug-likeness (QED) is 0.783. The number of nitrogens with zero attached hydrogens (tertiary/aromatic N) is 4. The van der Waals surface area contributed by atoms with Crippen molar-refractivity contribution in [2.75, 3.05) is 5.75 Å². The molecule has 1 fully saturated rings.